The van der Waals surface area contributed by atoms with Gasteiger partial charge in [-0.1, -0.05) is 172 Å². The van der Waals surface area contributed by atoms with Gasteiger partial charge in [-0.15, -0.1) is 0 Å². The second-order valence-electron chi connectivity index (χ2n) is 17.3. The molecule has 0 amide bonds. The Labute approximate surface area is 372 Å². The van der Waals surface area contributed by atoms with E-state index in [2.05, 4.69) is 200 Å². The van der Waals surface area contributed by atoms with Crippen LogP contribution in [-0.2, 0) is 5.41 Å². The molecule has 1 aliphatic rings. The molecular formula is C60H42N4. The highest BCUT2D eigenvalue weighted by atomic mass is 15.0. The van der Waals surface area contributed by atoms with Crippen molar-refractivity contribution in [3.63, 3.8) is 0 Å². The molecule has 4 heteroatoms. The van der Waals surface area contributed by atoms with Crippen LogP contribution in [0.25, 0.3) is 106 Å². The SMILES string of the molecule is CC1(C)c2ccccc2-c2cc(-c3ccc4c(c3)c3cc(-c5cc(-c6ccccc6)cc(-c6nc(-c7ccccc7)nc(-c7ccccc7)n6)c5)ccc3n4-c3ccccc3)ccc21. The third-order valence-corrected chi connectivity index (χ3v) is 13.0. The highest BCUT2D eigenvalue weighted by Gasteiger charge is 2.35. The predicted octanol–water partition coefficient (Wildman–Crippen LogP) is 15.3. The van der Waals surface area contributed by atoms with E-state index < -0.39 is 0 Å². The van der Waals surface area contributed by atoms with Gasteiger partial charge in [0.05, 0.1) is 11.0 Å². The zero-order chi connectivity index (χ0) is 42.8. The second kappa shape index (κ2) is 15.0. The molecule has 2 aromatic heterocycles. The third-order valence-electron chi connectivity index (χ3n) is 13.0. The molecule has 0 bridgehead atoms. The van der Waals surface area contributed by atoms with Crippen molar-refractivity contribution in [1.29, 1.82) is 0 Å². The second-order valence-corrected chi connectivity index (χ2v) is 17.3. The average Bonchev–Trinajstić information content (AvgIpc) is 3.81. The molecule has 0 fully saturated rings. The Morgan fingerprint density at radius 1 is 0.312 bits per heavy atom. The van der Waals surface area contributed by atoms with Crippen LogP contribution in [-0.4, -0.2) is 19.5 Å². The Morgan fingerprint density at radius 3 is 1.33 bits per heavy atom. The topological polar surface area (TPSA) is 43.6 Å². The van der Waals surface area contributed by atoms with Crippen LogP contribution in [0.4, 0.5) is 0 Å². The van der Waals surface area contributed by atoms with Crippen molar-refractivity contribution in [2.24, 2.45) is 0 Å². The molecule has 12 rings (SSSR count). The minimum atomic E-state index is -0.0382. The molecule has 11 aromatic rings. The van der Waals surface area contributed by atoms with Crippen molar-refractivity contribution < 1.29 is 0 Å². The maximum atomic E-state index is 5.15. The molecule has 64 heavy (non-hydrogen) atoms. The van der Waals surface area contributed by atoms with E-state index in [0.717, 1.165) is 50.1 Å². The number of nitrogens with zero attached hydrogens (tertiary/aromatic N) is 4. The van der Waals surface area contributed by atoms with Gasteiger partial charge in [0.25, 0.3) is 0 Å². The van der Waals surface area contributed by atoms with Gasteiger partial charge in [0, 0.05) is 38.6 Å². The maximum absolute atomic E-state index is 5.15. The molecule has 0 N–H and O–H groups in total. The lowest BCUT2D eigenvalue weighted by molar-refractivity contribution is 0.660. The van der Waals surface area contributed by atoms with E-state index in [9.17, 15) is 0 Å². The smallest absolute Gasteiger partial charge is 0.164 e. The first-order valence-electron chi connectivity index (χ1n) is 21.9. The van der Waals surface area contributed by atoms with Gasteiger partial charge in [0.2, 0.25) is 0 Å². The number of benzene rings is 9. The molecule has 302 valence electrons. The van der Waals surface area contributed by atoms with Crippen LogP contribution in [0.2, 0.25) is 0 Å². The number of aromatic nitrogens is 4. The Balaban J connectivity index is 1.05. The van der Waals surface area contributed by atoms with Crippen LogP contribution in [0.5, 0.6) is 0 Å². The van der Waals surface area contributed by atoms with E-state index in [4.69, 9.17) is 15.0 Å². The first kappa shape index (κ1) is 37.5. The van der Waals surface area contributed by atoms with E-state index in [1.54, 1.807) is 0 Å². The van der Waals surface area contributed by atoms with Crippen LogP contribution in [0.1, 0.15) is 25.0 Å². The van der Waals surface area contributed by atoms with Crippen LogP contribution in [0.15, 0.2) is 218 Å². The van der Waals surface area contributed by atoms with Gasteiger partial charge in [-0.2, -0.15) is 0 Å². The molecule has 0 radical (unpaired) electrons. The summed E-state index contributed by atoms with van der Waals surface area (Å²) in [4.78, 5) is 15.3. The van der Waals surface area contributed by atoms with Gasteiger partial charge in [0.15, 0.2) is 17.5 Å². The molecule has 0 unspecified atom stereocenters. The van der Waals surface area contributed by atoms with E-state index >= 15 is 0 Å². The average molecular weight is 819 g/mol. The van der Waals surface area contributed by atoms with Gasteiger partial charge < -0.3 is 4.57 Å². The summed E-state index contributed by atoms with van der Waals surface area (Å²) in [5, 5.41) is 2.40. The number of hydrogen-bond donors (Lipinski definition) is 0. The lowest BCUT2D eigenvalue weighted by atomic mass is 9.82. The molecule has 0 saturated carbocycles. The van der Waals surface area contributed by atoms with Crippen molar-refractivity contribution in [3.05, 3.63) is 230 Å². The van der Waals surface area contributed by atoms with E-state index in [1.165, 1.54) is 49.7 Å². The Bertz CT molecular complexity index is 3500. The third kappa shape index (κ3) is 6.34. The van der Waals surface area contributed by atoms with Crippen LogP contribution in [0.3, 0.4) is 0 Å². The van der Waals surface area contributed by atoms with Crippen molar-refractivity contribution >= 4 is 21.8 Å². The Kier molecular flexibility index (Phi) is 8.80. The molecule has 0 aliphatic heterocycles. The zero-order valence-corrected chi connectivity index (χ0v) is 35.6. The summed E-state index contributed by atoms with van der Waals surface area (Å²) in [7, 11) is 0. The van der Waals surface area contributed by atoms with Crippen molar-refractivity contribution in [2.45, 2.75) is 19.3 Å². The molecule has 9 aromatic carbocycles. The molecule has 4 nitrogen and oxygen atoms in total. The van der Waals surface area contributed by atoms with Gasteiger partial charge in [-0.05, 0) is 116 Å². The highest BCUT2D eigenvalue weighted by Crippen LogP contribution is 2.50. The highest BCUT2D eigenvalue weighted by molar-refractivity contribution is 6.12. The summed E-state index contributed by atoms with van der Waals surface area (Å²) < 4.78 is 2.40. The summed E-state index contributed by atoms with van der Waals surface area (Å²) in [5.74, 6) is 1.90. The van der Waals surface area contributed by atoms with Crippen LogP contribution in [0, 0.1) is 0 Å². The molecular weight excluding hydrogens is 777 g/mol. The number of rotatable bonds is 7. The fourth-order valence-electron chi connectivity index (χ4n) is 9.80. The largest absolute Gasteiger partial charge is 0.309 e. The molecule has 1 aliphatic carbocycles. The van der Waals surface area contributed by atoms with Gasteiger partial charge >= 0.3 is 0 Å². The molecule has 0 atom stereocenters. The van der Waals surface area contributed by atoms with Gasteiger partial charge in [-0.25, -0.2) is 15.0 Å². The van der Waals surface area contributed by atoms with Crippen LogP contribution < -0.4 is 0 Å². The molecule has 0 spiro atoms. The zero-order valence-electron chi connectivity index (χ0n) is 35.6. The van der Waals surface area contributed by atoms with Crippen molar-refractivity contribution in [3.8, 4) is 84.4 Å². The van der Waals surface area contributed by atoms with E-state index in [-0.39, 0.29) is 5.41 Å². The quantitative estimate of drug-likeness (QED) is 0.161. The van der Waals surface area contributed by atoms with Crippen molar-refractivity contribution in [1.82, 2.24) is 19.5 Å². The number of para-hydroxylation sites is 1. The molecule has 2 heterocycles. The van der Waals surface area contributed by atoms with E-state index in [1.807, 2.05) is 36.4 Å². The standard InChI is InChI=1S/C60H42N4/c1-60(2)53-26-16-15-25-49(53)50-36-42(27-30-54(50)60)43-28-31-55-51(37-43)52-38-44(29-32-56(52)64(55)48-23-13-6-14-24-48)46-33-45(39-17-7-3-8-18-39)34-47(35-46)59-62-57(40-19-9-4-10-20-40)61-58(63-59)41-21-11-5-12-22-41/h3-38H,1-2H3. The van der Waals surface area contributed by atoms with Gasteiger partial charge in [-0.3, -0.25) is 0 Å². The summed E-state index contributed by atoms with van der Waals surface area (Å²) in [6, 6.07) is 78.1. The number of hydrogen-bond acceptors (Lipinski definition) is 3. The predicted molar refractivity (Wildman–Crippen MR) is 264 cm³/mol. The Hall–Kier alpha value is -8.21. The monoisotopic (exact) mass is 818 g/mol. The summed E-state index contributed by atoms with van der Waals surface area (Å²) >= 11 is 0. The van der Waals surface area contributed by atoms with Crippen molar-refractivity contribution in [2.75, 3.05) is 0 Å². The maximum Gasteiger partial charge on any atom is 0.164 e. The fraction of sp³-hybridized carbons (Fsp3) is 0.0500. The lowest BCUT2D eigenvalue weighted by Crippen LogP contribution is -2.14. The summed E-state index contributed by atoms with van der Waals surface area (Å²) in [5.41, 5.74) is 18.5. The lowest BCUT2D eigenvalue weighted by Gasteiger charge is -2.21. The van der Waals surface area contributed by atoms with Gasteiger partial charge in [0.1, 0.15) is 0 Å². The first-order valence-corrected chi connectivity index (χ1v) is 21.9. The fourth-order valence-corrected chi connectivity index (χ4v) is 9.80. The normalized spacial score (nSPS) is 12.7. The first-order chi connectivity index (χ1) is 31.5. The molecule has 0 saturated heterocycles. The summed E-state index contributed by atoms with van der Waals surface area (Å²) in [6.45, 7) is 4.68. The number of fused-ring (bicyclic) bond motifs is 6. The Morgan fingerprint density at radius 2 is 0.734 bits per heavy atom. The van der Waals surface area contributed by atoms with Crippen LogP contribution >= 0.6 is 0 Å². The minimum Gasteiger partial charge on any atom is -0.309 e. The van der Waals surface area contributed by atoms with E-state index in [0.29, 0.717) is 17.5 Å². The summed E-state index contributed by atoms with van der Waals surface area (Å²) in [6.07, 6.45) is 0. The minimum absolute atomic E-state index is 0.0382.